The maximum atomic E-state index is 11.8. The Kier molecular flexibility index (Phi) is 3.73. The van der Waals surface area contributed by atoms with Gasteiger partial charge < -0.3 is 10.7 Å². The number of alkyl halides is 3. The second kappa shape index (κ2) is 4.83. The van der Waals surface area contributed by atoms with Gasteiger partial charge in [-0.2, -0.15) is 13.2 Å². The lowest BCUT2D eigenvalue weighted by Gasteiger charge is -2.08. The summed E-state index contributed by atoms with van der Waals surface area (Å²) in [6, 6.07) is 4.81. The Labute approximate surface area is 84.7 Å². The van der Waals surface area contributed by atoms with E-state index in [1.54, 1.807) is 18.2 Å². The maximum absolute atomic E-state index is 11.8. The highest BCUT2D eigenvalue weighted by atomic mass is 19.4. The van der Waals surface area contributed by atoms with Crippen LogP contribution in [0.5, 0.6) is 0 Å². The van der Waals surface area contributed by atoms with Gasteiger partial charge in [-0.3, -0.25) is 0 Å². The standard InChI is InChI=1S/C8H11F3N4/c9-8(10,11)4-5-13-6-2-1-3-7(14-6)15-12/h1-3H,4-5,12H2,(H2,13,14,15). The number of nitrogen functional groups attached to an aromatic ring is 1. The molecule has 15 heavy (non-hydrogen) atoms. The molecule has 7 heteroatoms. The third kappa shape index (κ3) is 4.50. The molecule has 84 valence electrons. The Morgan fingerprint density at radius 3 is 2.53 bits per heavy atom. The van der Waals surface area contributed by atoms with Crippen LogP contribution in [-0.2, 0) is 0 Å². The first kappa shape index (κ1) is 11.6. The molecule has 0 aliphatic heterocycles. The number of rotatable bonds is 4. The second-order valence-corrected chi connectivity index (χ2v) is 2.84. The molecule has 0 unspecified atom stereocenters. The number of hydrogen-bond donors (Lipinski definition) is 3. The van der Waals surface area contributed by atoms with Crippen molar-refractivity contribution in [2.75, 3.05) is 17.3 Å². The Bertz CT molecular complexity index is 313. The van der Waals surface area contributed by atoms with E-state index in [-0.39, 0.29) is 6.54 Å². The highest BCUT2D eigenvalue weighted by molar-refractivity contribution is 5.44. The molecule has 4 nitrogen and oxygen atoms in total. The van der Waals surface area contributed by atoms with E-state index in [2.05, 4.69) is 15.7 Å². The van der Waals surface area contributed by atoms with Crippen molar-refractivity contribution in [1.82, 2.24) is 4.98 Å². The minimum atomic E-state index is -4.16. The molecule has 0 fully saturated rings. The molecule has 4 N–H and O–H groups in total. The summed E-state index contributed by atoms with van der Waals surface area (Å²) in [7, 11) is 0. The fourth-order valence-corrected chi connectivity index (χ4v) is 0.946. The third-order valence-electron chi connectivity index (χ3n) is 1.61. The first-order valence-electron chi connectivity index (χ1n) is 4.25. The molecule has 1 aromatic heterocycles. The van der Waals surface area contributed by atoms with Crippen LogP contribution in [0.1, 0.15) is 6.42 Å². The zero-order chi connectivity index (χ0) is 11.3. The summed E-state index contributed by atoms with van der Waals surface area (Å²) in [5, 5.41) is 2.55. The van der Waals surface area contributed by atoms with E-state index >= 15 is 0 Å². The van der Waals surface area contributed by atoms with Crippen LogP contribution in [0, 0.1) is 0 Å². The van der Waals surface area contributed by atoms with Crippen molar-refractivity contribution in [2.24, 2.45) is 5.84 Å². The lowest BCUT2D eigenvalue weighted by Crippen LogP contribution is -2.15. The number of anilines is 2. The predicted octanol–water partition coefficient (Wildman–Crippen LogP) is 1.73. The Balaban J connectivity index is 2.44. The van der Waals surface area contributed by atoms with Crippen molar-refractivity contribution >= 4 is 11.6 Å². The average Bonchev–Trinajstić information content (AvgIpc) is 2.16. The van der Waals surface area contributed by atoms with Crippen LogP contribution in [0.4, 0.5) is 24.8 Å². The Hall–Kier alpha value is -1.50. The minimum Gasteiger partial charge on any atom is -0.370 e. The van der Waals surface area contributed by atoms with Gasteiger partial charge in [-0.1, -0.05) is 6.07 Å². The number of nitrogens with one attached hydrogen (secondary N) is 2. The number of hydrogen-bond acceptors (Lipinski definition) is 4. The van der Waals surface area contributed by atoms with E-state index in [1.807, 2.05) is 0 Å². The summed E-state index contributed by atoms with van der Waals surface area (Å²) < 4.78 is 35.4. The summed E-state index contributed by atoms with van der Waals surface area (Å²) in [6.07, 6.45) is -5.05. The van der Waals surface area contributed by atoms with Crippen molar-refractivity contribution in [2.45, 2.75) is 12.6 Å². The van der Waals surface area contributed by atoms with Crippen molar-refractivity contribution < 1.29 is 13.2 Å². The molecule has 0 atom stereocenters. The summed E-state index contributed by atoms with van der Waals surface area (Å²) in [4.78, 5) is 3.90. The van der Waals surface area contributed by atoms with Crippen LogP contribution >= 0.6 is 0 Å². The van der Waals surface area contributed by atoms with Gasteiger partial charge in [0.1, 0.15) is 11.6 Å². The van der Waals surface area contributed by atoms with Crippen LogP contribution in [0.2, 0.25) is 0 Å². The highest BCUT2D eigenvalue weighted by Crippen LogP contribution is 2.19. The van der Waals surface area contributed by atoms with Crippen LogP contribution in [0.3, 0.4) is 0 Å². The van der Waals surface area contributed by atoms with Gasteiger partial charge in [0.05, 0.1) is 6.42 Å². The van der Waals surface area contributed by atoms with Gasteiger partial charge in [0.25, 0.3) is 0 Å². The van der Waals surface area contributed by atoms with Gasteiger partial charge in [0, 0.05) is 6.54 Å². The zero-order valence-electron chi connectivity index (χ0n) is 7.80. The van der Waals surface area contributed by atoms with Gasteiger partial charge in [-0.05, 0) is 12.1 Å². The SMILES string of the molecule is NNc1cccc(NCCC(F)(F)F)n1. The van der Waals surface area contributed by atoms with E-state index in [4.69, 9.17) is 5.84 Å². The molecule has 1 rings (SSSR count). The summed E-state index contributed by atoms with van der Waals surface area (Å²) >= 11 is 0. The molecule has 1 heterocycles. The molecule has 0 bridgehead atoms. The van der Waals surface area contributed by atoms with Gasteiger partial charge in [0.2, 0.25) is 0 Å². The summed E-state index contributed by atoms with van der Waals surface area (Å²) in [5.41, 5.74) is 2.30. The fourth-order valence-electron chi connectivity index (χ4n) is 0.946. The van der Waals surface area contributed by atoms with E-state index in [9.17, 15) is 13.2 Å². The second-order valence-electron chi connectivity index (χ2n) is 2.84. The molecular formula is C8H11F3N4. The topological polar surface area (TPSA) is 63.0 Å². The van der Waals surface area contributed by atoms with Crippen molar-refractivity contribution in [3.8, 4) is 0 Å². The number of halogens is 3. The third-order valence-corrected chi connectivity index (χ3v) is 1.61. The maximum Gasteiger partial charge on any atom is 0.390 e. The first-order valence-corrected chi connectivity index (χ1v) is 4.25. The van der Waals surface area contributed by atoms with Gasteiger partial charge in [0.15, 0.2) is 0 Å². The van der Waals surface area contributed by atoms with Crippen molar-refractivity contribution in [1.29, 1.82) is 0 Å². The number of aromatic nitrogens is 1. The van der Waals surface area contributed by atoms with Gasteiger partial charge >= 0.3 is 6.18 Å². The average molecular weight is 220 g/mol. The number of nitrogens with zero attached hydrogens (tertiary/aromatic N) is 1. The van der Waals surface area contributed by atoms with Crippen LogP contribution in [-0.4, -0.2) is 17.7 Å². The molecule has 0 saturated carbocycles. The molecular weight excluding hydrogens is 209 g/mol. The van der Waals surface area contributed by atoms with Crippen molar-refractivity contribution in [3.05, 3.63) is 18.2 Å². The molecule has 0 aliphatic rings. The van der Waals surface area contributed by atoms with Crippen LogP contribution in [0.15, 0.2) is 18.2 Å². The predicted molar refractivity (Wildman–Crippen MR) is 51.2 cm³/mol. The fraction of sp³-hybridized carbons (Fsp3) is 0.375. The number of pyridine rings is 1. The molecule has 1 aromatic rings. The molecule has 0 aromatic carbocycles. The van der Waals surface area contributed by atoms with E-state index < -0.39 is 12.6 Å². The van der Waals surface area contributed by atoms with Crippen LogP contribution in [0.25, 0.3) is 0 Å². The lowest BCUT2D eigenvalue weighted by molar-refractivity contribution is -0.131. The zero-order valence-corrected chi connectivity index (χ0v) is 7.80. The normalized spacial score (nSPS) is 11.2. The van der Waals surface area contributed by atoms with Gasteiger partial charge in [-0.25, -0.2) is 10.8 Å². The number of nitrogens with two attached hydrogens (primary N) is 1. The van der Waals surface area contributed by atoms with Gasteiger partial charge in [-0.15, -0.1) is 0 Å². The lowest BCUT2D eigenvalue weighted by atomic mass is 10.4. The van der Waals surface area contributed by atoms with E-state index in [1.165, 1.54) is 0 Å². The largest absolute Gasteiger partial charge is 0.390 e. The smallest absolute Gasteiger partial charge is 0.370 e. The number of hydrazine groups is 1. The van der Waals surface area contributed by atoms with Crippen molar-refractivity contribution in [3.63, 3.8) is 0 Å². The quantitative estimate of drug-likeness (QED) is 0.534. The molecule has 0 radical (unpaired) electrons. The Morgan fingerprint density at radius 2 is 1.93 bits per heavy atom. The summed E-state index contributed by atoms with van der Waals surface area (Å²) in [6.45, 7) is -0.204. The summed E-state index contributed by atoms with van der Waals surface area (Å²) in [5.74, 6) is 5.85. The molecule has 0 saturated heterocycles. The molecule has 0 spiro atoms. The van der Waals surface area contributed by atoms with E-state index in [0.717, 1.165) is 0 Å². The van der Waals surface area contributed by atoms with Crippen LogP contribution < -0.4 is 16.6 Å². The monoisotopic (exact) mass is 220 g/mol. The molecule has 0 amide bonds. The minimum absolute atomic E-state index is 0.204. The first-order chi connectivity index (χ1) is 7.01. The Morgan fingerprint density at radius 1 is 1.27 bits per heavy atom. The van der Waals surface area contributed by atoms with E-state index in [0.29, 0.717) is 11.6 Å². The molecule has 0 aliphatic carbocycles. The highest BCUT2D eigenvalue weighted by Gasteiger charge is 2.26.